The van der Waals surface area contributed by atoms with Gasteiger partial charge in [-0.15, -0.1) is 0 Å². The van der Waals surface area contributed by atoms with Gasteiger partial charge >= 0.3 is 0 Å². The first-order chi connectivity index (χ1) is 7.16. The molecule has 0 bridgehead atoms. The van der Waals surface area contributed by atoms with E-state index in [2.05, 4.69) is 0 Å². The highest BCUT2D eigenvalue weighted by Gasteiger charge is 2.47. The van der Waals surface area contributed by atoms with Crippen molar-refractivity contribution in [3.8, 4) is 0 Å². The first kappa shape index (κ1) is 11.3. The lowest BCUT2D eigenvalue weighted by atomic mass is 9.83. The normalized spacial score (nSPS) is 47.6. The maximum Gasteiger partial charge on any atom is 0.109 e. The van der Waals surface area contributed by atoms with Crippen LogP contribution in [0.15, 0.2) is 0 Å². The molecule has 88 valence electrons. The molecule has 2 saturated heterocycles. The predicted molar refractivity (Wildman–Crippen MR) is 53.2 cm³/mol. The third-order valence-corrected chi connectivity index (χ3v) is 3.69. The first-order valence-corrected chi connectivity index (χ1v) is 5.57. The highest BCUT2D eigenvalue weighted by Crippen LogP contribution is 2.30. The molecule has 2 fully saturated rings. The average Bonchev–Trinajstić information content (AvgIpc) is 2.27. The second-order valence-electron chi connectivity index (χ2n) is 4.52. The monoisotopic (exact) mass is 217 g/mol. The van der Waals surface area contributed by atoms with Gasteiger partial charge in [0.25, 0.3) is 0 Å². The zero-order chi connectivity index (χ0) is 11.0. The first-order valence-electron chi connectivity index (χ1n) is 5.57. The molecule has 2 rings (SSSR count). The summed E-state index contributed by atoms with van der Waals surface area (Å²) < 4.78 is 0. The number of hydrogen-bond acceptors (Lipinski definition) is 5. The highest BCUT2D eigenvalue weighted by molar-refractivity contribution is 5.01. The number of fused-ring (bicyclic) bond motifs is 1. The van der Waals surface area contributed by atoms with E-state index in [1.165, 1.54) is 0 Å². The Morgan fingerprint density at radius 3 is 2.40 bits per heavy atom. The molecule has 0 amide bonds. The molecule has 0 aromatic carbocycles. The van der Waals surface area contributed by atoms with Gasteiger partial charge in [0.2, 0.25) is 0 Å². The van der Waals surface area contributed by atoms with Crippen molar-refractivity contribution in [2.24, 2.45) is 0 Å². The van der Waals surface area contributed by atoms with Crippen LogP contribution in [0.2, 0.25) is 0 Å². The molecule has 0 spiro atoms. The predicted octanol–water partition coefficient (Wildman–Crippen LogP) is -1.70. The van der Waals surface area contributed by atoms with Crippen molar-refractivity contribution in [3.05, 3.63) is 0 Å². The SMILES string of the molecule is OCC1C(O)C(O)C(O)C2CCCCN12. The molecule has 4 N–H and O–H groups in total. The van der Waals surface area contributed by atoms with Crippen LogP contribution in [-0.4, -0.2) is 68.9 Å². The maximum absolute atomic E-state index is 9.82. The second-order valence-corrected chi connectivity index (χ2v) is 4.52. The van der Waals surface area contributed by atoms with E-state index in [1.54, 1.807) is 0 Å². The largest absolute Gasteiger partial charge is 0.395 e. The Morgan fingerprint density at radius 1 is 1.00 bits per heavy atom. The molecule has 2 aliphatic rings. The lowest BCUT2D eigenvalue weighted by molar-refractivity contribution is -0.178. The quantitative estimate of drug-likeness (QED) is 0.421. The Bertz CT molecular complexity index is 213. The van der Waals surface area contributed by atoms with Crippen LogP contribution in [-0.2, 0) is 0 Å². The minimum atomic E-state index is -1.14. The number of hydrogen-bond donors (Lipinski definition) is 4. The van der Waals surface area contributed by atoms with E-state index in [-0.39, 0.29) is 12.6 Å². The summed E-state index contributed by atoms with van der Waals surface area (Å²) in [5.74, 6) is 0. The minimum Gasteiger partial charge on any atom is -0.395 e. The standard InChI is InChI=1S/C10H19NO4/c12-5-7-9(14)10(15)8(13)6-3-1-2-4-11(6)7/h6-10,12-15H,1-5H2. The number of aliphatic hydroxyl groups is 4. The van der Waals surface area contributed by atoms with Crippen LogP contribution in [0, 0.1) is 0 Å². The van der Waals surface area contributed by atoms with Crippen LogP contribution in [0.4, 0.5) is 0 Å². The van der Waals surface area contributed by atoms with E-state index >= 15 is 0 Å². The molecular weight excluding hydrogens is 198 g/mol. The summed E-state index contributed by atoms with van der Waals surface area (Å²) in [5, 5.41) is 38.4. The van der Waals surface area contributed by atoms with Gasteiger partial charge in [-0.2, -0.15) is 0 Å². The number of piperidine rings is 2. The smallest absolute Gasteiger partial charge is 0.109 e. The van der Waals surface area contributed by atoms with Crippen molar-refractivity contribution in [1.29, 1.82) is 0 Å². The van der Waals surface area contributed by atoms with Gasteiger partial charge in [-0.05, 0) is 19.4 Å². The van der Waals surface area contributed by atoms with Gasteiger partial charge in [-0.25, -0.2) is 0 Å². The molecule has 5 heteroatoms. The van der Waals surface area contributed by atoms with Gasteiger partial charge in [0.1, 0.15) is 12.2 Å². The number of nitrogens with zero attached hydrogens (tertiary/aromatic N) is 1. The third-order valence-electron chi connectivity index (χ3n) is 3.69. The molecule has 2 aliphatic heterocycles. The molecule has 0 aromatic heterocycles. The Morgan fingerprint density at radius 2 is 1.73 bits per heavy atom. The summed E-state index contributed by atoms with van der Waals surface area (Å²) in [6, 6.07) is -0.553. The summed E-state index contributed by atoms with van der Waals surface area (Å²) in [6.07, 6.45) is -0.229. The van der Waals surface area contributed by atoms with Crippen LogP contribution in [0.25, 0.3) is 0 Å². The van der Waals surface area contributed by atoms with Crippen LogP contribution in [0.1, 0.15) is 19.3 Å². The minimum absolute atomic E-state index is 0.116. The topological polar surface area (TPSA) is 84.2 Å². The van der Waals surface area contributed by atoms with Crippen molar-refractivity contribution < 1.29 is 20.4 Å². The third kappa shape index (κ3) is 1.79. The van der Waals surface area contributed by atoms with Gasteiger partial charge in [-0.3, -0.25) is 4.90 Å². The van der Waals surface area contributed by atoms with Gasteiger partial charge in [-0.1, -0.05) is 6.42 Å². The van der Waals surface area contributed by atoms with Crippen molar-refractivity contribution >= 4 is 0 Å². The average molecular weight is 217 g/mol. The molecule has 5 nitrogen and oxygen atoms in total. The van der Waals surface area contributed by atoms with Gasteiger partial charge in [0.15, 0.2) is 0 Å². The fourth-order valence-corrected chi connectivity index (χ4v) is 2.82. The van der Waals surface area contributed by atoms with Crippen molar-refractivity contribution in [3.63, 3.8) is 0 Å². The Balaban J connectivity index is 2.18. The van der Waals surface area contributed by atoms with Crippen molar-refractivity contribution in [1.82, 2.24) is 4.90 Å². The van der Waals surface area contributed by atoms with Crippen LogP contribution < -0.4 is 0 Å². The maximum atomic E-state index is 9.82. The van der Waals surface area contributed by atoms with E-state index in [0.29, 0.717) is 0 Å². The lowest BCUT2D eigenvalue weighted by Crippen LogP contribution is -2.68. The Hall–Kier alpha value is -0.200. The summed E-state index contributed by atoms with van der Waals surface area (Å²) >= 11 is 0. The van der Waals surface area contributed by atoms with E-state index in [4.69, 9.17) is 0 Å². The zero-order valence-corrected chi connectivity index (χ0v) is 8.66. The summed E-state index contributed by atoms with van der Waals surface area (Å²) in [6.45, 7) is 0.595. The molecule has 0 aromatic rings. The molecule has 15 heavy (non-hydrogen) atoms. The Labute approximate surface area is 88.9 Å². The van der Waals surface area contributed by atoms with E-state index in [0.717, 1.165) is 25.8 Å². The molecule has 5 atom stereocenters. The van der Waals surface area contributed by atoms with Gasteiger partial charge in [0.05, 0.1) is 18.8 Å². The molecule has 0 radical (unpaired) electrons. The molecule has 2 heterocycles. The molecule has 5 unspecified atom stereocenters. The summed E-state index contributed by atoms with van der Waals surface area (Å²) in [7, 11) is 0. The van der Waals surface area contributed by atoms with Crippen molar-refractivity contribution in [2.75, 3.05) is 13.2 Å². The van der Waals surface area contributed by atoms with Crippen LogP contribution in [0.5, 0.6) is 0 Å². The molecule has 0 aliphatic carbocycles. The Kier molecular flexibility index (Phi) is 3.27. The second kappa shape index (κ2) is 4.35. The fraction of sp³-hybridized carbons (Fsp3) is 1.00. The van der Waals surface area contributed by atoms with E-state index in [1.807, 2.05) is 4.90 Å². The zero-order valence-electron chi connectivity index (χ0n) is 8.66. The molecular formula is C10H19NO4. The summed E-state index contributed by atoms with van der Waals surface area (Å²) in [5.41, 5.74) is 0. The number of aliphatic hydroxyl groups excluding tert-OH is 4. The van der Waals surface area contributed by atoms with Gasteiger partial charge in [0, 0.05) is 6.04 Å². The lowest BCUT2D eigenvalue weighted by Gasteiger charge is -2.50. The molecule has 0 saturated carbocycles. The van der Waals surface area contributed by atoms with Crippen LogP contribution in [0.3, 0.4) is 0 Å². The van der Waals surface area contributed by atoms with Crippen LogP contribution >= 0.6 is 0 Å². The van der Waals surface area contributed by atoms with E-state index < -0.39 is 24.4 Å². The van der Waals surface area contributed by atoms with E-state index in [9.17, 15) is 20.4 Å². The highest BCUT2D eigenvalue weighted by atomic mass is 16.4. The van der Waals surface area contributed by atoms with Crippen molar-refractivity contribution in [2.45, 2.75) is 49.7 Å². The number of rotatable bonds is 1. The summed E-state index contributed by atoms with van der Waals surface area (Å²) in [4.78, 5) is 1.94. The fourth-order valence-electron chi connectivity index (χ4n) is 2.82. The van der Waals surface area contributed by atoms with Gasteiger partial charge < -0.3 is 20.4 Å².